The van der Waals surface area contributed by atoms with Crippen LogP contribution < -0.4 is 21.8 Å². The smallest absolute Gasteiger partial charge is 0.329 e. The zero-order valence-corrected chi connectivity index (χ0v) is 54.5. The Labute approximate surface area is 530 Å². The largest absolute Gasteiger partial charge is 0.407 e. The molecule has 2 saturated carbocycles. The van der Waals surface area contributed by atoms with Crippen LogP contribution in [0.1, 0.15) is 107 Å². The van der Waals surface area contributed by atoms with Gasteiger partial charge in [0.25, 0.3) is 8.32 Å². The molecule has 2 N–H and O–H groups in total. The minimum Gasteiger partial charge on any atom is -0.407 e. The fourth-order valence-electron chi connectivity index (χ4n) is 13.0. The number of aliphatic hydroxyl groups is 1. The quantitative estimate of drug-likeness (QED) is 0.0390. The number of alkyl halides is 1. The number of imidazole rings is 2. The third kappa shape index (κ3) is 12.6. The Hall–Kier alpha value is -7.21. The van der Waals surface area contributed by atoms with Crippen molar-refractivity contribution in [2.24, 2.45) is 0 Å². The van der Waals surface area contributed by atoms with Crippen molar-refractivity contribution in [1.82, 2.24) is 47.2 Å². The number of benzene rings is 4. The highest BCUT2D eigenvalue weighted by molar-refractivity contribution is 7.90. The highest BCUT2D eigenvalue weighted by atomic mass is 35.5. The highest BCUT2D eigenvalue weighted by Gasteiger charge is 2.51. The summed E-state index contributed by atoms with van der Waals surface area (Å²) in [4.78, 5) is 46.1. The normalized spacial score (nSPS) is 16.2. The van der Waals surface area contributed by atoms with E-state index in [0.29, 0.717) is 56.1 Å². The van der Waals surface area contributed by atoms with Crippen LogP contribution in [0.5, 0.6) is 0 Å². The molecular weight excluding hydrogens is 1210 g/mol. The molecule has 470 valence electrons. The Bertz CT molecular complexity index is 4500. The molecule has 90 heavy (non-hydrogen) atoms. The van der Waals surface area contributed by atoms with E-state index in [1.54, 1.807) is 44.6 Å². The summed E-state index contributed by atoms with van der Waals surface area (Å²) >= 11 is 6.24. The van der Waals surface area contributed by atoms with Crippen LogP contribution in [0.4, 0.5) is 0 Å². The number of halogens is 1. The van der Waals surface area contributed by atoms with E-state index < -0.39 is 28.4 Å². The Morgan fingerprint density at radius 3 is 1.64 bits per heavy atom. The molecule has 4 fully saturated rings. The summed E-state index contributed by atoms with van der Waals surface area (Å²) in [5.74, 6) is 0.443. The van der Waals surface area contributed by atoms with Gasteiger partial charge < -0.3 is 14.5 Å². The molecule has 0 atom stereocenters. The van der Waals surface area contributed by atoms with Crippen LogP contribution in [0, 0.1) is 0 Å². The van der Waals surface area contributed by atoms with Gasteiger partial charge in [-0.15, -0.1) is 11.6 Å². The molecule has 10 aromatic rings. The van der Waals surface area contributed by atoms with E-state index in [1.165, 1.54) is 35.3 Å². The Morgan fingerprint density at radius 2 is 1.10 bits per heavy atom. The van der Waals surface area contributed by atoms with E-state index in [2.05, 4.69) is 132 Å². The minimum absolute atomic E-state index is 0.00104. The number of pyridine rings is 4. The number of rotatable bonds is 21. The first kappa shape index (κ1) is 63.0. The maximum Gasteiger partial charge on any atom is 0.329 e. The lowest BCUT2D eigenvalue weighted by Crippen LogP contribution is -2.66. The number of fused-ring (bicyclic) bond motifs is 4. The lowest BCUT2D eigenvalue weighted by atomic mass is 9.99. The summed E-state index contributed by atoms with van der Waals surface area (Å²) < 4.78 is 64.4. The van der Waals surface area contributed by atoms with Crippen molar-refractivity contribution >= 4 is 94.0 Å². The van der Waals surface area contributed by atoms with Gasteiger partial charge in [0.1, 0.15) is 0 Å². The van der Waals surface area contributed by atoms with Crippen LogP contribution in [0.15, 0.2) is 168 Å². The lowest BCUT2D eigenvalue weighted by Gasteiger charge is -2.43. The van der Waals surface area contributed by atoms with Gasteiger partial charge in [-0.2, -0.15) is 8.61 Å². The van der Waals surface area contributed by atoms with E-state index in [9.17, 15) is 31.5 Å². The average Bonchev–Trinajstić information content (AvgIpc) is 1.65. The number of H-pyrrole nitrogens is 1. The minimum atomic E-state index is -3.24. The molecule has 0 spiro atoms. The monoisotopic (exact) mass is 1290 g/mol. The number of nitrogens with zero attached hydrogens (tertiary/aromatic N) is 9. The molecule has 22 heteroatoms. The Morgan fingerprint density at radius 1 is 0.600 bits per heavy atom. The van der Waals surface area contributed by atoms with E-state index in [0.717, 1.165) is 103 Å². The third-order valence-corrected chi connectivity index (χ3v) is 28.1. The molecule has 2 aliphatic heterocycles. The van der Waals surface area contributed by atoms with Crippen LogP contribution in [0.25, 0.3) is 43.6 Å². The molecule has 0 unspecified atom stereocenters. The van der Waals surface area contributed by atoms with Gasteiger partial charge in [0.15, 0.2) is 0 Å². The third-order valence-electron chi connectivity index (χ3n) is 18.1. The second kappa shape index (κ2) is 26.6. The Kier molecular flexibility index (Phi) is 18.6. The molecule has 4 aliphatic rings. The first-order valence-corrected chi connectivity index (χ1v) is 36.7. The number of aromatic amines is 1. The molecule has 0 bridgehead atoms. The number of hydrogen-bond acceptors (Lipinski definition) is 12. The predicted molar refractivity (Wildman–Crippen MR) is 358 cm³/mol. The average molecular weight is 1290 g/mol. The molecule has 0 amide bonds. The van der Waals surface area contributed by atoms with Gasteiger partial charge in [-0.25, -0.2) is 26.4 Å². The molecular formula is C68H77ClN10O8S2Si. The molecule has 0 radical (unpaired) electrons. The van der Waals surface area contributed by atoms with Gasteiger partial charge in [0.05, 0.1) is 80.9 Å². The zero-order valence-electron chi connectivity index (χ0n) is 51.1. The maximum atomic E-state index is 13.7. The molecule has 2 saturated heterocycles. The topological polar surface area (TPSA) is 220 Å². The molecule has 14 rings (SSSR count). The second-order valence-corrected chi connectivity index (χ2v) is 34.0. The summed E-state index contributed by atoms with van der Waals surface area (Å²) in [5, 5.41) is 16.1. The molecule has 6 aromatic heterocycles. The fourth-order valence-corrected chi connectivity index (χ4v) is 21.7. The maximum absolute atomic E-state index is 13.7. The first-order chi connectivity index (χ1) is 43.5. The number of aliphatic hydroxyl groups excluding tert-OH is 1. The van der Waals surface area contributed by atoms with Crippen LogP contribution in [0.3, 0.4) is 0 Å². The van der Waals surface area contributed by atoms with Crippen molar-refractivity contribution in [2.75, 3.05) is 39.4 Å². The SMILES string of the molecule is CC(C)(C)[Si](OCCCCc1c(CCl)ncc2ccccc12)(c1ccccc1)c1ccccc1.O=c1[nH]c2cnccc2n1C1CN(S(=O)(=O)C2CC2)C1.O=c1n(Cc2ncc3ccccc3c2CCCCO)c2cnccc2n1C1CN(S(=O)(=O)C2CC2)C1. The van der Waals surface area contributed by atoms with Gasteiger partial charge in [-0.05, 0) is 114 Å². The first-order valence-electron chi connectivity index (χ1n) is 31.2. The van der Waals surface area contributed by atoms with E-state index in [4.69, 9.17) is 21.0 Å². The van der Waals surface area contributed by atoms with Crippen LogP contribution in [0.2, 0.25) is 5.04 Å². The molecule has 18 nitrogen and oxygen atoms in total. The van der Waals surface area contributed by atoms with Crippen molar-refractivity contribution in [3.63, 3.8) is 0 Å². The molecule has 8 heterocycles. The number of hydrogen-bond donors (Lipinski definition) is 2. The second-order valence-electron chi connectivity index (χ2n) is 25.1. The standard InChI is InChI=1S/C30H34ClNOSi.C26H29N5O4S.C12H14N4O3S/c1-30(2,3)34(25-15-6-4-7-16-25,26-17-8-5-9-18-26)33-21-13-12-20-28-27-19-11-10-14-24(27)23-32-29(28)22-31;32-12-4-3-7-22-21-6-2-1-5-18(21)13-28-23(22)17-30-25-14-27-11-10-24(25)31(26(30)33)19-15-29(16-19)36(34,35)20-8-9-20;17-12-14-10-5-13-4-3-11(10)16(12)8-6-15(7-8)20(18,19)9-1-2-9/h4-11,14-19,23H,12-13,20-22H2,1-3H3;1-2,5-6,10-11,13-14,19-20,32H,3-4,7-9,12,15-17H2;3-5,8-9H,1-2,6-7H2,(H,14,17). The van der Waals surface area contributed by atoms with Crippen LogP contribution in [-0.2, 0) is 49.7 Å². The summed E-state index contributed by atoms with van der Waals surface area (Å²) in [6.07, 6.45) is 18.6. The van der Waals surface area contributed by atoms with Gasteiger partial charge in [0, 0.05) is 75.0 Å². The Balaban J connectivity index is 0.000000136. The van der Waals surface area contributed by atoms with E-state index in [1.807, 2.05) is 36.7 Å². The van der Waals surface area contributed by atoms with Gasteiger partial charge in [-0.1, -0.05) is 130 Å². The number of nitrogens with one attached hydrogen (secondary N) is 1. The molecule has 2 aliphatic carbocycles. The van der Waals surface area contributed by atoms with Crippen LogP contribution in [-0.4, -0.2) is 127 Å². The van der Waals surface area contributed by atoms with E-state index in [-0.39, 0.29) is 45.6 Å². The van der Waals surface area contributed by atoms with E-state index >= 15 is 0 Å². The number of unbranched alkanes of at least 4 members (excludes halogenated alkanes) is 2. The van der Waals surface area contributed by atoms with Crippen LogP contribution >= 0.6 is 11.6 Å². The summed E-state index contributed by atoms with van der Waals surface area (Å²) in [6, 6.07) is 41.6. The predicted octanol–water partition coefficient (Wildman–Crippen LogP) is 9.40. The van der Waals surface area contributed by atoms with Gasteiger partial charge in [0.2, 0.25) is 20.0 Å². The number of aryl methyl sites for hydroxylation is 2. The van der Waals surface area contributed by atoms with Gasteiger partial charge in [-0.3, -0.25) is 33.6 Å². The zero-order chi connectivity index (χ0) is 62.8. The summed E-state index contributed by atoms with van der Waals surface area (Å²) in [7, 11) is -8.84. The summed E-state index contributed by atoms with van der Waals surface area (Å²) in [5.41, 5.74) is 6.72. The van der Waals surface area contributed by atoms with Crippen molar-refractivity contribution in [3.05, 3.63) is 202 Å². The number of aromatic nitrogens is 8. The lowest BCUT2D eigenvalue weighted by molar-refractivity contribution is 0.203. The van der Waals surface area contributed by atoms with Crippen molar-refractivity contribution in [2.45, 2.75) is 125 Å². The number of sulfonamides is 2. The highest BCUT2D eigenvalue weighted by Crippen LogP contribution is 2.39. The van der Waals surface area contributed by atoms with Crippen molar-refractivity contribution in [3.8, 4) is 0 Å². The van der Waals surface area contributed by atoms with Gasteiger partial charge >= 0.3 is 11.4 Å². The van der Waals surface area contributed by atoms with Crippen molar-refractivity contribution < 1.29 is 26.4 Å². The summed E-state index contributed by atoms with van der Waals surface area (Å²) in [6.45, 7) is 9.56. The van der Waals surface area contributed by atoms with Crippen molar-refractivity contribution in [1.29, 1.82) is 0 Å². The molecule has 4 aromatic carbocycles. The fraction of sp³-hybridized carbons (Fsp3) is 0.382.